The van der Waals surface area contributed by atoms with E-state index in [1.807, 2.05) is 66.7 Å². The highest BCUT2D eigenvalue weighted by atomic mass is 16.5. The van der Waals surface area contributed by atoms with Crippen molar-refractivity contribution in [3.63, 3.8) is 0 Å². The Labute approximate surface area is 215 Å². The first-order valence-corrected chi connectivity index (χ1v) is 12.1. The third-order valence-electron chi connectivity index (χ3n) is 6.10. The van der Waals surface area contributed by atoms with Crippen molar-refractivity contribution >= 4 is 28.0 Å². The number of fused-ring (bicyclic) bond motifs is 1. The van der Waals surface area contributed by atoms with E-state index in [2.05, 4.69) is 48.0 Å². The standard InChI is InChI=1S/C32H26N2O3/c1-3-27(22-14-17-26(18-15-22)36-25-10-6-5-7-11-25)32(23-16-19-29-24(20-23)21-33-34-29)28-12-8-9-13-30(28)37-31(35)4-2/h4-21H,2-3H2,1H3,(H,33,34)/b32-27+. The monoisotopic (exact) mass is 486 g/mol. The summed E-state index contributed by atoms with van der Waals surface area (Å²) in [5.74, 6) is 1.52. The van der Waals surface area contributed by atoms with Gasteiger partial charge in [0.05, 0.1) is 11.7 Å². The van der Waals surface area contributed by atoms with Gasteiger partial charge in [0.15, 0.2) is 0 Å². The highest BCUT2D eigenvalue weighted by Crippen LogP contribution is 2.39. The minimum Gasteiger partial charge on any atom is -0.457 e. The zero-order valence-corrected chi connectivity index (χ0v) is 20.5. The molecule has 0 aliphatic rings. The van der Waals surface area contributed by atoms with Crippen LogP contribution in [0.4, 0.5) is 0 Å². The predicted octanol–water partition coefficient (Wildman–Crippen LogP) is 7.82. The number of nitrogens with one attached hydrogen (secondary N) is 1. The molecule has 0 spiro atoms. The number of allylic oxidation sites excluding steroid dienone is 1. The third kappa shape index (κ3) is 5.21. The first-order valence-electron chi connectivity index (χ1n) is 12.1. The first-order chi connectivity index (χ1) is 18.2. The van der Waals surface area contributed by atoms with E-state index in [-0.39, 0.29) is 0 Å². The fourth-order valence-electron chi connectivity index (χ4n) is 4.38. The summed E-state index contributed by atoms with van der Waals surface area (Å²) in [5.41, 5.74) is 5.91. The second-order valence-corrected chi connectivity index (χ2v) is 8.44. The molecule has 0 fully saturated rings. The molecule has 1 heterocycles. The molecule has 0 unspecified atom stereocenters. The number of rotatable bonds is 8. The number of ether oxygens (including phenoxy) is 2. The van der Waals surface area contributed by atoms with E-state index in [0.29, 0.717) is 5.75 Å². The van der Waals surface area contributed by atoms with Crippen molar-refractivity contribution in [2.45, 2.75) is 13.3 Å². The number of carbonyl (C=O) groups excluding carboxylic acids is 1. The first kappa shape index (κ1) is 23.8. The maximum absolute atomic E-state index is 12.1. The van der Waals surface area contributed by atoms with Gasteiger partial charge < -0.3 is 9.47 Å². The van der Waals surface area contributed by atoms with Gasteiger partial charge in [-0.05, 0) is 71.2 Å². The third-order valence-corrected chi connectivity index (χ3v) is 6.10. The molecule has 4 aromatic carbocycles. The Morgan fingerprint density at radius 3 is 2.35 bits per heavy atom. The van der Waals surface area contributed by atoms with Gasteiger partial charge in [-0.3, -0.25) is 5.10 Å². The van der Waals surface area contributed by atoms with Crippen LogP contribution in [0.3, 0.4) is 0 Å². The van der Waals surface area contributed by atoms with Gasteiger partial charge in [-0.1, -0.05) is 68.1 Å². The maximum Gasteiger partial charge on any atom is 0.335 e. The van der Waals surface area contributed by atoms with Crippen LogP contribution in [0.15, 0.2) is 116 Å². The van der Waals surface area contributed by atoms with Gasteiger partial charge in [-0.2, -0.15) is 5.10 Å². The number of benzene rings is 4. The molecule has 0 radical (unpaired) electrons. The maximum atomic E-state index is 12.1. The average molecular weight is 487 g/mol. The predicted molar refractivity (Wildman–Crippen MR) is 148 cm³/mol. The fourth-order valence-corrected chi connectivity index (χ4v) is 4.38. The lowest BCUT2D eigenvalue weighted by Crippen LogP contribution is -2.06. The number of H-pyrrole nitrogens is 1. The van der Waals surface area contributed by atoms with Gasteiger partial charge in [0, 0.05) is 17.0 Å². The van der Waals surface area contributed by atoms with Gasteiger partial charge in [-0.15, -0.1) is 0 Å². The Balaban J connectivity index is 1.65. The Morgan fingerprint density at radius 2 is 1.59 bits per heavy atom. The van der Waals surface area contributed by atoms with Crippen LogP contribution in [-0.4, -0.2) is 16.2 Å². The summed E-state index contributed by atoms with van der Waals surface area (Å²) in [6.45, 7) is 5.67. The van der Waals surface area contributed by atoms with Crippen LogP contribution in [0.2, 0.25) is 0 Å². The van der Waals surface area contributed by atoms with E-state index in [1.165, 1.54) is 6.08 Å². The number of carbonyl (C=O) groups is 1. The topological polar surface area (TPSA) is 64.2 Å². The summed E-state index contributed by atoms with van der Waals surface area (Å²) in [6, 6.07) is 31.5. The largest absolute Gasteiger partial charge is 0.457 e. The minimum absolute atomic E-state index is 0.477. The van der Waals surface area contributed by atoms with Crippen molar-refractivity contribution in [1.29, 1.82) is 0 Å². The number of aromatic nitrogens is 2. The molecule has 5 nitrogen and oxygen atoms in total. The lowest BCUT2D eigenvalue weighted by Gasteiger charge is -2.19. The Morgan fingerprint density at radius 1 is 0.892 bits per heavy atom. The molecule has 1 aromatic heterocycles. The second kappa shape index (κ2) is 10.8. The minimum atomic E-state index is -0.502. The van der Waals surface area contributed by atoms with Gasteiger partial charge in [0.25, 0.3) is 0 Å². The van der Waals surface area contributed by atoms with Crippen LogP contribution in [0.1, 0.15) is 30.0 Å². The van der Waals surface area contributed by atoms with Crippen LogP contribution >= 0.6 is 0 Å². The molecule has 5 heteroatoms. The van der Waals surface area contributed by atoms with Crippen molar-refractivity contribution in [2.24, 2.45) is 0 Å². The van der Waals surface area contributed by atoms with E-state index in [4.69, 9.17) is 9.47 Å². The average Bonchev–Trinajstić information content (AvgIpc) is 3.41. The highest BCUT2D eigenvalue weighted by molar-refractivity contribution is 6.02. The normalized spacial score (nSPS) is 11.6. The number of para-hydroxylation sites is 2. The zero-order chi connectivity index (χ0) is 25.6. The van der Waals surface area contributed by atoms with Crippen molar-refractivity contribution in [2.75, 3.05) is 0 Å². The Hall–Kier alpha value is -4.90. The molecule has 0 saturated heterocycles. The summed E-state index contributed by atoms with van der Waals surface area (Å²) in [6.07, 6.45) is 3.73. The van der Waals surface area contributed by atoms with Crippen molar-refractivity contribution in [3.05, 3.63) is 133 Å². The fraction of sp³-hybridized carbons (Fsp3) is 0.0625. The van der Waals surface area contributed by atoms with E-state index >= 15 is 0 Å². The Bertz CT molecular complexity index is 1580. The molecule has 0 aliphatic carbocycles. The number of hydrogen-bond acceptors (Lipinski definition) is 4. The van der Waals surface area contributed by atoms with Crippen LogP contribution in [0, 0.1) is 0 Å². The van der Waals surface area contributed by atoms with Crippen LogP contribution < -0.4 is 9.47 Å². The summed E-state index contributed by atoms with van der Waals surface area (Å²) in [5, 5.41) is 8.18. The molecular weight excluding hydrogens is 460 g/mol. The van der Waals surface area contributed by atoms with Gasteiger partial charge in [-0.25, -0.2) is 4.79 Å². The summed E-state index contributed by atoms with van der Waals surface area (Å²) in [7, 11) is 0. The molecule has 1 N–H and O–H groups in total. The van der Waals surface area contributed by atoms with Crippen molar-refractivity contribution in [1.82, 2.24) is 10.2 Å². The summed E-state index contributed by atoms with van der Waals surface area (Å²) < 4.78 is 11.7. The summed E-state index contributed by atoms with van der Waals surface area (Å²) in [4.78, 5) is 12.1. The van der Waals surface area contributed by atoms with E-state index in [9.17, 15) is 4.79 Å². The molecule has 0 bridgehead atoms. The Kier molecular flexibility index (Phi) is 6.95. The number of hydrogen-bond donors (Lipinski definition) is 1. The molecule has 5 rings (SSSR count). The second-order valence-electron chi connectivity index (χ2n) is 8.44. The molecule has 37 heavy (non-hydrogen) atoms. The zero-order valence-electron chi connectivity index (χ0n) is 20.5. The molecule has 5 aromatic rings. The molecular formula is C32H26N2O3. The van der Waals surface area contributed by atoms with Crippen LogP contribution in [0.5, 0.6) is 17.2 Å². The molecule has 0 aliphatic heterocycles. The van der Waals surface area contributed by atoms with E-state index in [1.54, 1.807) is 12.3 Å². The van der Waals surface area contributed by atoms with E-state index < -0.39 is 5.97 Å². The number of nitrogens with zero attached hydrogens (tertiary/aromatic N) is 1. The summed E-state index contributed by atoms with van der Waals surface area (Å²) >= 11 is 0. The number of esters is 1. The lowest BCUT2D eigenvalue weighted by molar-refractivity contribution is -0.128. The van der Waals surface area contributed by atoms with Gasteiger partial charge in [0.2, 0.25) is 0 Å². The van der Waals surface area contributed by atoms with Gasteiger partial charge >= 0.3 is 5.97 Å². The van der Waals surface area contributed by atoms with Gasteiger partial charge in [0.1, 0.15) is 17.2 Å². The van der Waals surface area contributed by atoms with Crippen LogP contribution in [-0.2, 0) is 4.79 Å². The molecule has 0 saturated carbocycles. The van der Waals surface area contributed by atoms with Crippen molar-refractivity contribution in [3.8, 4) is 17.2 Å². The number of aromatic amines is 1. The molecule has 0 amide bonds. The lowest BCUT2D eigenvalue weighted by atomic mass is 9.87. The van der Waals surface area contributed by atoms with Crippen LogP contribution in [0.25, 0.3) is 22.0 Å². The molecule has 0 atom stereocenters. The molecule has 182 valence electrons. The SMILES string of the molecule is C=CC(=O)Oc1ccccc1/C(=C(\CC)c1ccc(Oc2ccccc2)cc1)c1ccc2[nH]ncc2c1. The van der Waals surface area contributed by atoms with E-state index in [0.717, 1.165) is 56.7 Å². The quantitative estimate of drug-likeness (QED) is 0.105. The smallest absolute Gasteiger partial charge is 0.335 e. The van der Waals surface area contributed by atoms with Crippen molar-refractivity contribution < 1.29 is 14.3 Å². The highest BCUT2D eigenvalue weighted by Gasteiger charge is 2.18.